The van der Waals surface area contributed by atoms with Crippen LogP contribution in [0.15, 0.2) is 171 Å². The lowest BCUT2D eigenvalue weighted by Crippen LogP contribution is -1.95. The van der Waals surface area contributed by atoms with Crippen molar-refractivity contribution in [2.75, 3.05) is 0 Å². The number of nitrogens with zero attached hydrogens (tertiary/aromatic N) is 6. The van der Waals surface area contributed by atoms with Crippen LogP contribution in [-0.2, 0) is 12.8 Å². The maximum absolute atomic E-state index is 4.35. The van der Waals surface area contributed by atoms with E-state index in [0.717, 1.165) is 67.8 Å². The van der Waals surface area contributed by atoms with Gasteiger partial charge in [0.2, 0.25) is 0 Å². The molecule has 6 aromatic heterocycles. The number of hydrogen-bond acceptors (Lipinski definition) is 4. The minimum Gasteiger partial charge on any atom is -0.309 e. The van der Waals surface area contributed by atoms with E-state index in [0.29, 0.717) is 0 Å². The lowest BCUT2D eigenvalue weighted by atomic mass is 9.98. The molecular weight excluding hydrogens is 661 g/mol. The molecule has 0 fully saturated rings. The van der Waals surface area contributed by atoms with Crippen molar-refractivity contribution in [2.24, 2.45) is 0 Å². The normalized spacial score (nSPS) is 11.3. The Bertz CT molecular complexity index is 2560. The van der Waals surface area contributed by atoms with Gasteiger partial charge in [-0.1, -0.05) is 86.6 Å². The van der Waals surface area contributed by atoms with Crippen LogP contribution < -0.4 is 0 Å². The second-order valence-corrected chi connectivity index (χ2v) is 13.3. The molecule has 0 bridgehead atoms. The van der Waals surface area contributed by atoms with Crippen molar-refractivity contribution >= 4 is 43.6 Å². The Morgan fingerprint density at radius 1 is 0.333 bits per heavy atom. The fraction of sp³-hybridized carbons (Fsp3) is 0.0833. The molecule has 0 aliphatic rings. The quantitative estimate of drug-likeness (QED) is 0.166. The average molecular weight is 699 g/mol. The molecule has 6 heteroatoms. The van der Waals surface area contributed by atoms with Crippen molar-refractivity contribution in [1.29, 1.82) is 0 Å². The van der Waals surface area contributed by atoms with Gasteiger partial charge in [-0.15, -0.1) is 0 Å². The average Bonchev–Trinajstić information content (AvgIpc) is 3.76. The molecule has 0 atom stereocenters. The topological polar surface area (TPSA) is 61.4 Å². The van der Waals surface area contributed by atoms with Crippen molar-refractivity contribution in [2.45, 2.75) is 26.7 Å². The monoisotopic (exact) mass is 698 g/mol. The second-order valence-electron chi connectivity index (χ2n) is 13.3. The smallest absolute Gasteiger partial charge is 0.0572 e. The Hall–Kier alpha value is -6.92. The number of hydrogen-bond donors (Lipinski definition) is 0. The van der Waals surface area contributed by atoms with Gasteiger partial charge in [0.1, 0.15) is 0 Å². The maximum Gasteiger partial charge on any atom is 0.0572 e. The maximum atomic E-state index is 4.35. The first-order valence-electron chi connectivity index (χ1n) is 18.5. The van der Waals surface area contributed by atoms with Gasteiger partial charge in [-0.05, 0) is 94.8 Å². The largest absolute Gasteiger partial charge is 0.309 e. The van der Waals surface area contributed by atoms with E-state index in [1.165, 1.54) is 33.4 Å². The summed E-state index contributed by atoms with van der Waals surface area (Å²) in [6.45, 7) is 4.00. The van der Waals surface area contributed by atoms with Gasteiger partial charge >= 0.3 is 0 Å². The fourth-order valence-corrected chi connectivity index (χ4v) is 7.60. The molecule has 6 heterocycles. The van der Waals surface area contributed by atoms with Crippen molar-refractivity contribution < 1.29 is 0 Å². The molecule has 0 aliphatic heterocycles. The van der Waals surface area contributed by atoms with Crippen LogP contribution in [0.2, 0.25) is 0 Å². The SMILES string of the molecule is CC.c1cc2c(cn1)c1cnccc1n2-c1ccc(Cc2ccc(-c3ccc(Cc4ccc(-n5c6ccncc6c6cnccc65)cc4)cc3)cc2)cc1. The Morgan fingerprint density at radius 2 is 0.593 bits per heavy atom. The molecule has 0 aliphatic carbocycles. The first-order chi connectivity index (χ1) is 26.8. The number of rotatable bonds is 7. The van der Waals surface area contributed by atoms with Crippen LogP contribution in [-0.4, -0.2) is 29.1 Å². The van der Waals surface area contributed by atoms with E-state index >= 15 is 0 Å². The van der Waals surface area contributed by atoms with Gasteiger partial charge in [0.05, 0.1) is 22.1 Å². The summed E-state index contributed by atoms with van der Waals surface area (Å²) in [5.41, 5.74) is 14.4. The summed E-state index contributed by atoms with van der Waals surface area (Å²) in [6.07, 6.45) is 16.9. The summed E-state index contributed by atoms with van der Waals surface area (Å²) in [4.78, 5) is 17.4. The number of pyridine rings is 4. The zero-order chi connectivity index (χ0) is 36.4. The summed E-state index contributed by atoms with van der Waals surface area (Å²) in [7, 11) is 0. The van der Waals surface area contributed by atoms with Gasteiger partial charge in [-0.25, -0.2) is 0 Å². The predicted molar refractivity (Wildman–Crippen MR) is 222 cm³/mol. The van der Waals surface area contributed by atoms with E-state index in [1.807, 2.05) is 63.4 Å². The Balaban J connectivity index is 0.00000189. The van der Waals surface area contributed by atoms with Crippen LogP contribution >= 0.6 is 0 Å². The van der Waals surface area contributed by atoms with Crippen LogP contribution in [0.25, 0.3) is 66.1 Å². The van der Waals surface area contributed by atoms with Crippen LogP contribution in [0.1, 0.15) is 36.1 Å². The Labute approximate surface area is 314 Å². The zero-order valence-electron chi connectivity index (χ0n) is 30.3. The van der Waals surface area contributed by atoms with Crippen molar-refractivity contribution in [1.82, 2.24) is 29.1 Å². The van der Waals surface area contributed by atoms with Gasteiger partial charge in [-0.3, -0.25) is 19.9 Å². The van der Waals surface area contributed by atoms with E-state index in [-0.39, 0.29) is 0 Å². The highest BCUT2D eigenvalue weighted by Gasteiger charge is 2.14. The molecule has 0 amide bonds. The molecule has 260 valence electrons. The van der Waals surface area contributed by atoms with Crippen molar-refractivity contribution in [3.63, 3.8) is 0 Å². The third kappa shape index (κ3) is 5.97. The first-order valence-corrected chi connectivity index (χ1v) is 18.5. The second kappa shape index (κ2) is 14.2. The highest BCUT2D eigenvalue weighted by molar-refractivity contribution is 6.09. The summed E-state index contributed by atoms with van der Waals surface area (Å²) < 4.78 is 4.58. The van der Waals surface area contributed by atoms with E-state index in [2.05, 4.69) is 150 Å². The van der Waals surface area contributed by atoms with Crippen LogP contribution in [0.3, 0.4) is 0 Å². The highest BCUT2D eigenvalue weighted by atomic mass is 15.0. The van der Waals surface area contributed by atoms with Crippen LogP contribution in [0.4, 0.5) is 0 Å². The van der Waals surface area contributed by atoms with Gasteiger partial charge in [-0.2, -0.15) is 0 Å². The zero-order valence-corrected chi connectivity index (χ0v) is 30.3. The lowest BCUT2D eigenvalue weighted by Gasteiger charge is -2.10. The number of fused-ring (bicyclic) bond motifs is 6. The van der Waals surface area contributed by atoms with Crippen molar-refractivity contribution in [3.8, 4) is 22.5 Å². The molecule has 0 N–H and O–H groups in total. The van der Waals surface area contributed by atoms with Gasteiger partial charge in [0.25, 0.3) is 0 Å². The summed E-state index contributed by atoms with van der Waals surface area (Å²) in [5, 5.41) is 4.46. The molecule has 0 spiro atoms. The minimum absolute atomic E-state index is 0.879. The number of benzene rings is 4. The molecule has 0 saturated carbocycles. The molecule has 0 saturated heterocycles. The standard InChI is InChI=1S/C46H32N6.C2H6/c1-9-35(10-2-31(1)25-33-5-13-37(14-6-33)51-43-17-21-47-27-39(43)40-28-48-22-18-44(40)51)36-11-3-32(4-12-36)26-34-7-15-38(16-8-34)52-45-19-23-49-29-41(45)42-30-50-24-20-46(42)52;1-2/h1-24,27-30H,25-26H2;1-2H3. The van der Waals surface area contributed by atoms with E-state index in [9.17, 15) is 0 Å². The third-order valence-electron chi connectivity index (χ3n) is 10.2. The van der Waals surface area contributed by atoms with Gasteiger partial charge in [0.15, 0.2) is 0 Å². The lowest BCUT2D eigenvalue weighted by molar-refractivity contribution is 1.14. The first kappa shape index (κ1) is 33.0. The third-order valence-corrected chi connectivity index (χ3v) is 10.2. The van der Waals surface area contributed by atoms with Crippen LogP contribution in [0, 0.1) is 0 Å². The molecule has 0 unspecified atom stereocenters. The van der Waals surface area contributed by atoms with Crippen molar-refractivity contribution in [3.05, 3.63) is 193 Å². The minimum atomic E-state index is 0.879. The summed E-state index contributed by atoms with van der Waals surface area (Å²) >= 11 is 0. The summed E-state index contributed by atoms with van der Waals surface area (Å²) in [5.74, 6) is 0. The van der Waals surface area contributed by atoms with Gasteiger partial charge < -0.3 is 9.13 Å². The van der Waals surface area contributed by atoms with E-state index in [4.69, 9.17) is 0 Å². The van der Waals surface area contributed by atoms with Gasteiger partial charge in [0, 0.05) is 82.5 Å². The fourth-order valence-electron chi connectivity index (χ4n) is 7.60. The molecule has 54 heavy (non-hydrogen) atoms. The Morgan fingerprint density at radius 3 is 0.870 bits per heavy atom. The molecule has 0 radical (unpaired) electrons. The number of aromatic nitrogens is 6. The summed E-state index contributed by atoms with van der Waals surface area (Å²) in [6, 6.07) is 44.0. The molecule has 6 nitrogen and oxygen atoms in total. The highest BCUT2D eigenvalue weighted by Crippen LogP contribution is 2.32. The predicted octanol–water partition coefficient (Wildman–Crippen LogP) is 11.3. The Kier molecular flexibility index (Phi) is 8.69. The van der Waals surface area contributed by atoms with E-state index < -0.39 is 0 Å². The molecule has 4 aromatic carbocycles. The molecular formula is C48H38N6. The van der Waals surface area contributed by atoms with E-state index in [1.54, 1.807) is 0 Å². The molecule has 10 rings (SSSR count). The molecule has 10 aromatic rings. The van der Waals surface area contributed by atoms with Crippen LogP contribution in [0.5, 0.6) is 0 Å².